The highest BCUT2D eigenvalue weighted by atomic mass is 32.1. The monoisotopic (exact) mass is 322 g/mol. The molecule has 0 saturated heterocycles. The summed E-state index contributed by atoms with van der Waals surface area (Å²) in [7, 11) is 0. The van der Waals surface area contributed by atoms with Gasteiger partial charge in [-0.1, -0.05) is 0 Å². The van der Waals surface area contributed by atoms with E-state index in [1.54, 1.807) is 0 Å². The first-order valence-corrected chi connectivity index (χ1v) is 6.79. The van der Waals surface area contributed by atoms with Crippen LogP contribution < -0.4 is 4.80 Å². The van der Waals surface area contributed by atoms with Crippen LogP contribution in [-0.4, -0.2) is 38.0 Å². The number of nitrogens with zero attached hydrogens (tertiary/aromatic N) is 2. The molecule has 114 valence electrons. The van der Waals surface area contributed by atoms with Gasteiger partial charge in [-0.2, -0.15) is 9.72 Å². The van der Waals surface area contributed by atoms with Crippen LogP contribution in [0.2, 0.25) is 0 Å². The van der Waals surface area contributed by atoms with Crippen molar-refractivity contribution < 1.29 is 29.8 Å². The van der Waals surface area contributed by atoms with Gasteiger partial charge in [0.2, 0.25) is 4.80 Å². The molecule has 0 radical (unpaired) electrons. The summed E-state index contributed by atoms with van der Waals surface area (Å²) in [6, 6.07) is 5.15. The smallest absolute Gasteiger partial charge is 0.335 e. The van der Waals surface area contributed by atoms with Gasteiger partial charge in [0, 0.05) is 10.9 Å². The van der Waals surface area contributed by atoms with Crippen LogP contribution in [0, 0.1) is 0 Å². The second-order valence-electron chi connectivity index (χ2n) is 4.19. The zero-order valence-electron chi connectivity index (χ0n) is 11.0. The molecule has 0 spiro atoms. The highest BCUT2D eigenvalue weighted by Gasteiger charge is 2.11. The number of hydrogen-bond acceptors (Lipinski definition) is 5. The van der Waals surface area contributed by atoms with Gasteiger partial charge < -0.3 is 15.4 Å². The summed E-state index contributed by atoms with van der Waals surface area (Å²) in [6.07, 6.45) is -0.399. The molecule has 2 rings (SSSR count). The van der Waals surface area contributed by atoms with E-state index in [0.717, 1.165) is 11.3 Å². The minimum Gasteiger partial charge on any atom is -0.481 e. The molecule has 0 aliphatic heterocycles. The van der Waals surface area contributed by atoms with Crippen LogP contribution in [0.4, 0.5) is 0 Å². The number of aromatic nitrogens is 1. The largest absolute Gasteiger partial charge is 0.481 e. The Kier molecular flexibility index (Phi) is 4.37. The molecular formula is C13H10N2O6S. The van der Waals surface area contributed by atoms with Crippen molar-refractivity contribution >= 4 is 29.2 Å². The standard InChI is InChI=1S/C13H10N2O6S/c16-10(17)5-9-6-22-13(15(9)21)14-11(18)7-1-3-8(4-2-7)12(19)20/h1-4,6,21H,5H2,(H,16,17)(H,19,20). The van der Waals surface area contributed by atoms with Gasteiger partial charge >= 0.3 is 11.9 Å². The summed E-state index contributed by atoms with van der Waals surface area (Å²) in [4.78, 5) is 36.9. The quantitative estimate of drug-likeness (QED) is 0.716. The molecule has 1 amide bonds. The number of thiazole rings is 1. The minimum atomic E-state index is -1.12. The van der Waals surface area contributed by atoms with Crippen molar-refractivity contribution in [3.8, 4) is 0 Å². The number of carboxylic acids is 2. The fourth-order valence-electron chi connectivity index (χ4n) is 1.60. The second kappa shape index (κ2) is 6.22. The van der Waals surface area contributed by atoms with E-state index >= 15 is 0 Å². The molecule has 2 aromatic rings. The molecule has 22 heavy (non-hydrogen) atoms. The second-order valence-corrected chi connectivity index (χ2v) is 5.03. The van der Waals surface area contributed by atoms with E-state index in [1.165, 1.54) is 29.6 Å². The van der Waals surface area contributed by atoms with Crippen LogP contribution >= 0.6 is 11.3 Å². The molecule has 1 aromatic heterocycles. The highest BCUT2D eigenvalue weighted by Crippen LogP contribution is 2.07. The average Bonchev–Trinajstić information content (AvgIpc) is 2.79. The van der Waals surface area contributed by atoms with Gasteiger partial charge in [0.1, 0.15) is 0 Å². The van der Waals surface area contributed by atoms with Crippen molar-refractivity contribution in [1.29, 1.82) is 0 Å². The maximum absolute atomic E-state index is 11.9. The van der Waals surface area contributed by atoms with Crippen molar-refractivity contribution in [3.05, 3.63) is 51.3 Å². The van der Waals surface area contributed by atoms with Crippen molar-refractivity contribution in [2.24, 2.45) is 4.99 Å². The summed E-state index contributed by atoms with van der Waals surface area (Å²) < 4.78 is 0.544. The molecule has 0 bridgehead atoms. The number of benzene rings is 1. The number of carbonyl (C=O) groups is 3. The molecule has 0 fully saturated rings. The molecule has 3 N–H and O–H groups in total. The third-order valence-electron chi connectivity index (χ3n) is 2.66. The Hall–Kier alpha value is -2.94. The zero-order valence-corrected chi connectivity index (χ0v) is 11.8. The van der Waals surface area contributed by atoms with E-state index in [1.807, 2.05) is 0 Å². The van der Waals surface area contributed by atoms with E-state index in [0.29, 0.717) is 4.73 Å². The lowest BCUT2D eigenvalue weighted by Gasteiger charge is -1.98. The van der Waals surface area contributed by atoms with Crippen LogP contribution in [0.15, 0.2) is 34.6 Å². The molecule has 0 saturated carbocycles. The van der Waals surface area contributed by atoms with Crippen LogP contribution in [-0.2, 0) is 11.2 Å². The zero-order chi connectivity index (χ0) is 16.3. The Balaban J connectivity index is 2.29. The number of amides is 1. The van der Waals surface area contributed by atoms with Crippen LogP contribution in [0.5, 0.6) is 0 Å². The van der Waals surface area contributed by atoms with Gasteiger partial charge in [0.05, 0.1) is 17.7 Å². The lowest BCUT2D eigenvalue weighted by atomic mass is 10.1. The summed E-state index contributed by atoms with van der Waals surface area (Å²) >= 11 is 0.917. The summed E-state index contributed by atoms with van der Waals surface area (Å²) in [5, 5.41) is 28.5. The Morgan fingerprint density at radius 1 is 1.09 bits per heavy atom. The Morgan fingerprint density at radius 2 is 1.68 bits per heavy atom. The normalized spacial score (nSPS) is 11.4. The number of aromatic carboxylic acids is 1. The van der Waals surface area contributed by atoms with Crippen molar-refractivity contribution in [2.45, 2.75) is 6.42 Å². The van der Waals surface area contributed by atoms with E-state index in [2.05, 4.69) is 4.99 Å². The summed E-state index contributed by atoms with van der Waals surface area (Å²) in [6.45, 7) is 0. The third-order valence-corrected chi connectivity index (χ3v) is 3.53. The fraction of sp³-hybridized carbons (Fsp3) is 0.0769. The van der Waals surface area contributed by atoms with Gasteiger partial charge in [-0.05, 0) is 24.3 Å². The average molecular weight is 322 g/mol. The first-order valence-electron chi connectivity index (χ1n) is 5.91. The lowest BCUT2D eigenvalue weighted by Crippen LogP contribution is -2.18. The lowest BCUT2D eigenvalue weighted by molar-refractivity contribution is -0.136. The predicted molar refractivity (Wildman–Crippen MR) is 74.1 cm³/mol. The summed E-state index contributed by atoms with van der Waals surface area (Å²) in [5.41, 5.74) is 0.289. The van der Waals surface area contributed by atoms with Crippen molar-refractivity contribution in [2.75, 3.05) is 0 Å². The number of rotatable bonds is 4. The number of aliphatic carboxylic acids is 1. The molecule has 1 heterocycles. The van der Waals surface area contributed by atoms with E-state index in [4.69, 9.17) is 10.2 Å². The molecule has 9 heteroatoms. The Bertz CT molecular complexity index is 803. The van der Waals surface area contributed by atoms with Crippen LogP contribution in [0.1, 0.15) is 26.4 Å². The van der Waals surface area contributed by atoms with Gasteiger partial charge in [-0.15, -0.1) is 11.3 Å². The van der Waals surface area contributed by atoms with Crippen LogP contribution in [0.3, 0.4) is 0 Å². The first-order chi connectivity index (χ1) is 10.4. The molecular weight excluding hydrogens is 312 g/mol. The Morgan fingerprint density at radius 3 is 2.23 bits per heavy atom. The molecule has 8 nitrogen and oxygen atoms in total. The third kappa shape index (κ3) is 3.38. The molecule has 0 aliphatic rings. The van der Waals surface area contributed by atoms with Gasteiger partial charge in [0.25, 0.3) is 5.91 Å². The van der Waals surface area contributed by atoms with Crippen molar-refractivity contribution in [1.82, 2.24) is 4.73 Å². The van der Waals surface area contributed by atoms with Crippen molar-refractivity contribution in [3.63, 3.8) is 0 Å². The number of hydrogen-bond donors (Lipinski definition) is 3. The van der Waals surface area contributed by atoms with Crippen LogP contribution in [0.25, 0.3) is 0 Å². The highest BCUT2D eigenvalue weighted by molar-refractivity contribution is 7.07. The van der Waals surface area contributed by atoms with Gasteiger partial charge in [-0.25, -0.2) is 4.79 Å². The fourth-order valence-corrected chi connectivity index (χ4v) is 2.37. The molecule has 1 aromatic carbocycles. The summed E-state index contributed by atoms with van der Waals surface area (Å²) in [5.74, 6) is -2.91. The molecule has 0 unspecified atom stereocenters. The molecule has 0 aliphatic carbocycles. The topological polar surface area (TPSA) is 129 Å². The maximum Gasteiger partial charge on any atom is 0.335 e. The Labute approximate surface area is 127 Å². The van der Waals surface area contributed by atoms with E-state index < -0.39 is 24.3 Å². The SMILES string of the molecule is O=C(O)Cc1csc(=NC(=O)c2ccc(C(=O)O)cc2)n1O. The van der Waals surface area contributed by atoms with E-state index in [9.17, 15) is 19.6 Å². The minimum absolute atomic E-state index is 0.0358. The van der Waals surface area contributed by atoms with E-state index in [-0.39, 0.29) is 21.6 Å². The predicted octanol–water partition coefficient (Wildman–Crippen LogP) is 0.853. The van der Waals surface area contributed by atoms with Gasteiger partial charge in [0.15, 0.2) is 0 Å². The van der Waals surface area contributed by atoms with Gasteiger partial charge in [-0.3, -0.25) is 9.59 Å². The number of carbonyl (C=O) groups excluding carboxylic acids is 1. The number of carboxylic acid groups (broad SMARTS) is 2. The molecule has 0 atom stereocenters. The first kappa shape index (κ1) is 15.4. The maximum atomic E-state index is 11.9.